The lowest BCUT2D eigenvalue weighted by atomic mass is 10.2. The van der Waals surface area contributed by atoms with Crippen LogP contribution in [-0.4, -0.2) is 45.1 Å². The summed E-state index contributed by atoms with van der Waals surface area (Å²) in [4.78, 5) is 7.12. The maximum absolute atomic E-state index is 9.98. The first-order valence-electron chi connectivity index (χ1n) is 5.78. The molecule has 1 aliphatic rings. The molecule has 1 aromatic rings. The summed E-state index contributed by atoms with van der Waals surface area (Å²) in [5.74, 6) is 0.400. The summed E-state index contributed by atoms with van der Waals surface area (Å²) in [7, 11) is 0. The summed E-state index contributed by atoms with van der Waals surface area (Å²) in [6.07, 6.45) is -0.530. The molecule has 0 aliphatic carbocycles. The van der Waals surface area contributed by atoms with Crippen LogP contribution in [0.4, 0.5) is 0 Å². The van der Waals surface area contributed by atoms with Crippen molar-refractivity contribution < 1.29 is 10.2 Å². The van der Waals surface area contributed by atoms with Gasteiger partial charge in [-0.15, -0.1) is 11.3 Å². The maximum Gasteiger partial charge on any atom is 0.135 e. The Morgan fingerprint density at radius 1 is 1.50 bits per heavy atom. The minimum atomic E-state index is -0.530. The molecule has 18 heavy (non-hydrogen) atoms. The van der Waals surface area contributed by atoms with Crippen molar-refractivity contribution in [3.63, 3.8) is 0 Å². The SMILES string of the molecule is Cc1nc(C2=C(O)CN(CC(C)O)C2=N)sc1C. The highest BCUT2D eigenvalue weighted by Gasteiger charge is 2.30. The van der Waals surface area contributed by atoms with E-state index in [1.54, 1.807) is 11.8 Å². The Morgan fingerprint density at radius 2 is 2.17 bits per heavy atom. The monoisotopic (exact) mass is 267 g/mol. The van der Waals surface area contributed by atoms with Crippen LogP contribution in [0.15, 0.2) is 5.76 Å². The van der Waals surface area contributed by atoms with Crippen LogP contribution in [-0.2, 0) is 0 Å². The maximum atomic E-state index is 9.98. The van der Waals surface area contributed by atoms with Crippen LogP contribution in [0, 0.1) is 19.3 Å². The van der Waals surface area contributed by atoms with E-state index < -0.39 is 6.10 Å². The molecule has 1 atom stereocenters. The second-order valence-electron chi connectivity index (χ2n) is 4.56. The van der Waals surface area contributed by atoms with E-state index in [1.807, 2.05) is 13.8 Å². The zero-order valence-corrected chi connectivity index (χ0v) is 11.5. The summed E-state index contributed by atoms with van der Waals surface area (Å²) in [6, 6.07) is 0. The number of amidine groups is 1. The number of nitrogens with one attached hydrogen (secondary N) is 1. The van der Waals surface area contributed by atoms with Gasteiger partial charge in [0, 0.05) is 11.4 Å². The fraction of sp³-hybridized carbons (Fsp3) is 0.500. The van der Waals surface area contributed by atoms with Crippen molar-refractivity contribution in [1.82, 2.24) is 9.88 Å². The van der Waals surface area contributed by atoms with E-state index in [2.05, 4.69) is 4.98 Å². The molecule has 0 amide bonds. The van der Waals surface area contributed by atoms with E-state index in [0.717, 1.165) is 10.6 Å². The Morgan fingerprint density at radius 3 is 2.67 bits per heavy atom. The van der Waals surface area contributed by atoms with Gasteiger partial charge in [0.15, 0.2) is 0 Å². The lowest BCUT2D eigenvalue weighted by Crippen LogP contribution is -2.33. The molecule has 1 unspecified atom stereocenters. The van der Waals surface area contributed by atoms with Crippen molar-refractivity contribution in [3.8, 4) is 0 Å². The second kappa shape index (κ2) is 4.70. The van der Waals surface area contributed by atoms with Crippen molar-refractivity contribution in [3.05, 3.63) is 21.3 Å². The van der Waals surface area contributed by atoms with Crippen LogP contribution < -0.4 is 0 Å². The van der Waals surface area contributed by atoms with Crippen LogP contribution in [0.5, 0.6) is 0 Å². The quantitative estimate of drug-likeness (QED) is 0.778. The van der Waals surface area contributed by atoms with E-state index >= 15 is 0 Å². The smallest absolute Gasteiger partial charge is 0.135 e. The number of thiazole rings is 1. The Balaban J connectivity index is 2.28. The molecule has 1 aromatic heterocycles. The highest BCUT2D eigenvalue weighted by molar-refractivity contribution is 7.13. The van der Waals surface area contributed by atoms with Gasteiger partial charge in [-0.25, -0.2) is 4.98 Å². The Hall–Kier alpha value is -1.40. The van der Waals surface area contributed by atoms with Gasteiger partial charge in [-0.05, 0) is 20.8 Å². The number of aromatic nitrogens is 1. The predicted molar refractivity (Wildman–Crippen MR) is 72.1 cm³/mol. The van der Waals surface area contributed by atoms with Crippen molar-refractivity contribution in [1.29, 1.82) is 5.41 Å². The zero-order chi connectivity index (χ0) is 13.4. The van der Waals surface area contributed by atoms with Crippen LogP contribution >= 0.6 is 11.3 Å². The van der Waals surface area contributed by atoms with Crippen molar-refractivity contribution in [2.45, 2.75) is 26.9 Å². The minimum Gasteiger partial charge on any atom is -0.510 e. The number of aliphatic hydroxyl groups excluding tert-OH is 2. The number of rotatable bonds is 3. The van der Waals surface area contributed by atoms with E-state index in [-0.39, 0.29) is 18.1 Å². The molecule has 1 aliphatic heterocycles. The topological polar surface area (TPSA) is 80.4 Å². The summed E-state index contributed by atoms with van der Waals surface area (Å²) in [5.41, 5.74) is 1.42. The van der Waals surface area contributed by atoms with E-state index in [1.165, 1.54) is 11.3 Å². The average Bonchev–Trinajstić information content (AvgIpc) is 2.69. The summed E-state index contributed by atoms with van der Waals surface area (Å²) in [5, 5.41) is 28.1. The first kappa shape index (κ1) is 13.0. The van der Waals surface area contributed by atoms with Crippen LogP contribution in [0.3, 0.4) is 0 Å². The number of hydrogen-bond donors (Lipinski definition) is 3. The molecule has 6 heteroatoms. The number of nitrogens with zero attached hydrogens (tertiary/aromatic N) is 2. The van der Waals surface area contributed by atoms with Gasteiger partial charge in [0.05, 0.1) is 23.9 Å². The summed E-state index contributed by atoms with van der Waals surface area (Å²) in [6.45, 7) is 6.17. The lowest BCUT2D eigenvalue weighted by Gasteiger charge is -2.19. The third kappa shape index (κ3) is 2.26. The average molecular weight is 267 g/mol. The standard InChI is InChI=1S/C12H17N3O2S/c1-6(16)4-15-5-9(17)10(11(15)13)12-14-7(2)8(3)18-12/h6,13,16-17H,4-5H2,1-3H3. The molecule has 98 valence electrons. The fourth-order valence-electron chi connectivity index (χ4n) is 1.91. The highest BCUT2D eigenvalue weighted by Crippen LogP contribution is 2.31. The minimum absolute atomic E-state index is 0.161. The van der Waals surface area contributed by atoms with Gasteiger partial charge in [0.1, 0.15) is 16.6 Å². The van der Waals surface area contributed by atoms with Gasteiger partial charge in [0.2, 0.25) is 0 Å². The number of aliphatic hydroxyl groups is 2. The first-order chi connectivity index (χ1) is 8.40. The van der Waals surface area contributed by atoms with E-state index in [4.69, 9.17) is 5.41 Å². The van der Waals surface area contributed by atoms with Gasteiger partial charge < -0.3 is 15.1 Å². The Bertz CT molecular complexity index is 500. The van der Waals surface area contributed by atoms with Gasteiger partial charge >= 0.3 is 0 Å². The second-order valence-corrected chi connectivity index (χ2v) is 5.76. The molecular formula is C12H17N3O2S. The van der Waals surface area contributed by atoms with Crippen molar-refractivity contribution >= 4 is 22.7 Å². The highest BCUT2D eigenvalue weighted by atomic mass is 32.1. The number of β-amino-alcohol motifs (C(OH)–C–C–N with tert-alkyl or cyclic N) is 1. The molecule has 0 saturated carbocycles. The van der Waals surface area contributed by atoms with Crippen molar-refractivity contribution in [2.75, 3.05) is 13.1 Å². The molecule has 0 fully saturated rings. The third-order valence-corrected chi connectivity index (χ3v) is 4.00. The Labute approximate surface area is 110 Å². The lowest BCUT2D eigenvalue weighted by molar-refractivity contribution is 0.160. The van der Waals surface area contributed by atoms with Crippen LogP contribution in [0.2, 0.25) is 0 Å². The van der Waals surface area contributed by atoms with Crippen molar-refractivity contribution in [2.24, 2.45) is 0 Å². The summed E-state index contributed by atoms with van der Waals surface area (Å²) >= 11 is 1.48. The molecule has 5 nitrogen and oxygen atoms in total. The first-order valence-corrected chi connectivity index (χ1v) is 6.60. The molecule has 0 spiro atoms. The van der Waals surface area contributed by atoms with E-state index in [9.17, 15) is 10.2 Å². The number of aryl methyl sites for hydroxylation is 2. The van der Waals surface area contributed by atoms with Gasteiger partial charge in [-0.2, -0.15) is 0 Å². The molecule has 2 heterocycles. The molecule has 2 rings (SSSR count). The van der Waals surface area contributed by atoms with E-state index in [0.29, 0.717) is 17.1 Å². The Kier molecular flexibility index (Phi) is 3.41. The van der Waals surface area contributed by atoms with Gasteiger partial charge in [0.25, 0.3) is 0 Å². The third-order valence-electron chi connectivity index (χ3n) is 2.91. The van der Waals surface area contributed by atoms with Crippen LogP contribution in [0.25, 0.3) is 5.57 Å². The normalized spacial score (nSPS) is 17.8. The molecule has 3 N–H and O–H groups in total. The van der Waals surface area contributed by atoms with Gasteiger partial charge in [-0.3, -0.25) is 5.41 Å². The molecule has 0 aromatic carbocycles. The largest absolute Gasteiger partial charge is 0.510 e. The molecule has 0 saturated heterocycles. The fourth-order valence-corrected chi connectivity index (χ4v) is 2.90. The predicted octanol–water partition coefficient (Wildman–Crippen LogP) is 1.70. The molecular weight excluding hydrogens is 250 g/mol. The van der Waals surface area contributed by atoms with Crippen LogP contribution in [0.1, 0.15) is 22.5 Å². The summed E-state index contributed by atoms with van der Waals surface area (Å²) < 4.78 is 0. The molecule has 0 bridgehead atoms. The zero-order valence-electron chi connectivity index (χ0n) is 10.7. The molecule has 0 radical (unpaired) electrons. The van der Waals surface area contributed by atoms with Gasteiger partial charge in [-0.1, -0.05) is 0 Å². The number of hydrogen-bond acceptors (Lipinski definition) is 5.